The lowest BCUT2D eigenvalue weighted by Gasteiger charge is -2.38. The van der Waals surface area contributed by atoms with Crippen LogP contribution in [-0.2, 0) is 14.3 Å². The van der Waals surface area contributed by atoms with Crippen LogP contribution in [0.1, 0.15) is 20.3 Å². The number of para-hydroxylation sites is 1. The standard InChI is InChI=1S/C19H28N2O3.C2HF3O2/c1-15(2)20-10-11-23-18-13-21(9-8-16(18)12-20)19(22)14-24-17-6-4-3-5-7-17;3-2(4,5)1(6)7/h3-7,15-16,18H,8-14H2,1-2H3;(H,6,7)/t16-,18-;/m1./s1. The highest BCUT2D eigenvalue weighted by atomic mass is 19.4. The van der Waals surface area contributed by atoms with Crippen molar-refractivity contribution in [2.75, 3.05) is 39.4 Å². The van der Waals surface area contributed by atoms with Crippen LogP contribution in [0.5, 0.6) is 5.75 Å². The third-order valence-electron chi connectivity index (χ3n) is 5.31. The first-order valence-corrected chi connectivity index (χ1v) is 10.2. The SMILES string of the molecule is CC(C)N1CCO[C@@H]2CN(C(=O)COc3ccccc3)CC[C@@H]2C1.O=C(O)C(F)(F)F. The molecule has 0 unspecified atom stereocenters. The van der Waals surface area contributed by atoms with Crippen molar-refractivity contribution in [1.29, 1.82) is 0 Å². The zero-order valence-electron chi connectivity index (χ0n) is 17.7. The number of carboxylic acid groups (broad SMARTS) is 1. The number of halogens is 3. The number of fused-ring (bicyclic) bond motifs is 1. The number of amides is 1. The summed E-state index contributed by atoms with van der Waals surface area (Å²) in [4.78, 5) is 25.7. The predicted molar refractivity (Wildman–Crippen MR) is 107 cm³/mol. The van der Waals surface area contributed by atoms with E-state index in [1.165, 1.54) is 0 Å². The van der Waals surface area contributed by atoms with Gasteiger partial charge in [-0.05, 0) is 32.4 Å². The molecule has 2 aliphatic rings. The number of carbonyl (C=O) groups is 2. The highest BCUT2D eigenvalue weighted by Gasteiger charge is 2.38. The molecule has 2 atom stereocenters. The number of piperidine rings is 1. The normalized spacial score (nSPS) is 22.1. The number of likely N-dealkylation sites (tertiary alicyclic amines) is 1. The van der Waals surface area contributed by atoms with Crippen LogP contribution in [0.25, 0.3) is 0 Å². The molecule has 0 radical (unpaired) electrons. The fraction of sp³-hybridized carbons (Fsp3) is 0.619. The van der Waals surface area contributed by atoms with Crippen molar-refractivity contribution in [3.8, 4) is 5.75 Å². The Hall–Kier alpha value is -2.33. The topological polar surface area (TPSA) is 79.3 Å². The molecule has 2 fully saturated rings. The van der Waals surface area contributed by atoms with Crippen LogP contribution in [0.2, 0.25) is 0 Å². The fourth-order valence-corrected chi connectivity index (χ4v) is 3.53. The van der Waals surface area contributed by atoms with Crippen LogP contribution in [0.15, 0.2) is 30.3 Å². The summed E-state index contributed by atoms with van der Waals surface area (Å²) >= 11 is 0. The van der Waals surface area contributed by atoms with Gasteiger partial charge in [-0.15, -0.1) is 0 Å². The molecule has 7 nitrogen and oxygen atoms in total. The first-order valence-electron chi connectivity index (χ1n) is 10.2. The lowest BCUT2D eigenvalue weighted by molar-refractivity contribution is -0.192. The summed E-state index contributed by atoms with van der Waals surface area (Å²) in [6, 6.07) is 10.0. The summed E-state index contributed by atoms with van der Waals surface area (Å²) in [5, 5.41) is 7.12. The summed E-state index contributed by atoms with van der Waals surface area (Å²) in [7, 11) is 0. The third kappa shape index (κ3) is 8.02. The molecule has 0 aliphatic carbocycles. The Labute approximate surface area is 179 Å². The van der Waals surface area contributed by atoms with Gasteiger partial charge in [0.1, 0.15) is 5.75 Å². The van der Waals surface area contributed by atoms with Gasteiger partial charge < -0.3 is 19.5 Å². The highest BCUT2D eigenvalue weighted by Crippen LogP contribution is 2.25. The molecule has 0 bridgehead atoms. The average Bonchev–Trinajstić information content (AvgIpc) is 2.94. The van der Waals surface area contributed by atoms with Crippen molar-refractivity contribution in [2.45, 2.75) is 38.6 Å². The molecule has 0 aromatic heterocycles. The molecular weight excluding hydrogens is 417 g/mol. The van der Waals surface area contributed by atoms with E-state index in [1.807, 2.05) is 35.2 Å². The van der Waals surface area contributed by atoms with Gasteiger partial charge in [0.15, 0.2) is 6.61 Å². The first kappa shape index (κ1) is 24.9. The van der Waals surface area contributed by atoms with Gasteiger partial charge in [0.25, 0.3) is 5.91 Å². The van der Waals surface area contributed by atoms with E-state index in [9.17, 15) is 18.0 Å². The molecule has 0 spiro atoms. The molecule has 2 saturated heterocycles. The molecule has 1 aromatic rings. The number of carboxylic acids is 1. The Bertz CT molecular complexity index is 715. The van der Waals surface area contributed by atoms with E-state index in [4.69, 9.17) is 19.4 Å². The van der Waals surface area contributed by atoms with Crippen LogP contribution in [0, 0.1) is 5.92 Å². The molecule has 174 valence electrons. The summed E-state index contributed by atoms with van der Waals surface area (Å²) in [6.45, 7) is 8.86. The minimum Gasteiger partial charge on any atom is -0.484 e. The zero-order chi connectivity index (χ0) is 23.0. The Morgan fingerprint density at radius 2 is 1.84 bits per heavy atom. The molecule has 10 heteroatoms. The Balaban J connectivity index is 0.000000423. The Morgan fingerprint density at radius 1 is 1.19 bits per heavy atom. The van der Waals surface area contributed by atoms with Crippen LogP contribution < -0.4 is 4.74 Å². The van der Waals surface area contributed by atoms with Gasteiger partial charge in [-0.1, -0.05) is 18.2 Å². The molecular formula is C21H29F3N2O5. The van der Waals surface area contributed by atoms with E-state index in [-0.39, 0.29) is 18.6 Å². The van der Waals surface area contributed by atoms with Crippen molar-refractivity contribution in [2.24, 2.45) is 5.92 Å². The number of alkyl halides is 3. The molecule has 2 aliphatic heterocycles. The maximum Gasteiger partial charge on any atom is 0.490 e. The first-order chi connectivity index (χ1) is 14.6. The second-order valence-electron chi connectivity index (χ2n) is 7.79. The smallest absolute Gasteiger partial charge is 0.484 e. The Morgan fingerprint density at radius 3 is 2.42 bits per heavy atom. The van der Waals surface area contributed by atoms with E-state index in [0.717, 1.165) is 38.4 Å². The number of benzene rings is 1. The number of rotatable bonds is 4. The maximum atomic E-state index is 12.4. The van der Waals surface area contributed by atoms with Crippen LogP contribution in [-0.4, -0.2) is 84.5 Å². The van der Waals surface area contributed by atoms with Gasteiger partial charge in [-0.3, -0.25) is 9.69 Å². The minimum atomic E-state index is -5.08. The molecule has 1 aromatic carbocycles. The van der Waals surface area contributed by atoms with Crippen LogP contribution in [0.4, 0.5) is 13.2 Å². The molecule has 1 amide bonds. The van der Waals surface area contributed by atoms with Crippen LogP contribution >= 0.6 is 0 Å². The van der Waals surface area contributed by atoms with Gasteiger partial charge >= 0.3 is 12.1 Å². The number of hydrogen-bond donors (Lipinski definition) is 1. The number of carbonyl (C=O) groups excluding carboxylic acids is 1. The fourth-order valence-electron chi connectivity index (χ4n) is 3.53. The van der Waals surface area contributed by atoms with Crippen molar-refractivity contribution in [3.63, 3.8) is 0 Å². The largest absolute Gasteiger partial charge is 0.490 e. The highest BCUT2D eigenvalue weighted by molar-refractivity contribution is 5.78. The van der Waals surface area contributed by atoms with Crippen molar-refractivity contribution in [1.82, 2.24) is 9.80 Å². The van der Waals surface area contributed by atoms with E-state index in [0.29, 0.717) is 18.5 Å². The summed E-state index contributed by atoms with van der Waals surface area (Å²) in [6.07, 6.45) is -3.92. The number of nitrogens with zero attached hydrogens (tertiary/aromatic N) is 2. The quantitative estimate of drug-likeness (QED) is 0.766. The third-order valence-corrected chi connectivity index (χ3v) is 5.31. The van der Waals surface area contributed by atoms with Crippen molar-refractivity contribution < 1.29 is 37.3 Å². The second kappa shape index (κ2) is 11.3. The monoisotopic (exact) mass is 446 g/mol. The van der Waals surface area contributed by atoms with Gasteiger partial charge in [0.05, 0.1) is 12.7 Å². The summed E-state index contributed by atoms with van der Waals surface area (Å²) < 4.78 is 43.4. The van der Waals surface area contributed by atoms with E-state index >= 15 is 0 Å². The Kier molecular flexibility index (Phi) is 9.12. The van der Waals surface area contributed by atoms with Crippen LogP contribution in [0.3, 0.4) is 0 Å². The minimum absolute atomic E-state index is 0.0471. The van der Waals surface area contributed by atoms with E-state index in [1.54, 1.807) is 0 Å². The zero-order valence-corrected chi connectivity index (χ0v) is 17.7. The summed E-state index contributed by atoms with van der Waals surface area (Å²) in [5.41, 5.74) is 0. The number of ether oxygens (including phenoxy) is 2. The van der Waals surface area contributed by atoms with Gasteiger partial charge in [0.2, 0.25) is 0 Å². The molecule has 1 N–H and O–H groups in total. The predicted octanol–water partition coefficient (Wildman–Crippen LogP) is 2.66. The lowest BCUT2D eigenvalue weighted by atomic mass is 9.93. The molecule has 2 heterocycles. The van der Waals surface area contributed by atoms with E-state index in [2.05, 4.69) is 18.7 Å². The molecule has 0 saturated carbocycles. The number of aliphatic carboxylic acids is 1. The van der Waals surface area contributed by atoms with Gasteiger partial charge in [0, 0.05) is 38.1 Å². The second-order valence-corrected chi connectivity index (χ2v) is 7.79. The maximum absolute atomic E-state index is 12.4. The van der Waals surface area contributed by atoms with Gasteiger partial charge in [-0.2, -0.15) is 13.2 Å². The van der Waals surface area contributed by atoms with Crippen molar-refractivity contribution in [3.05, 3.63) is 30.3 Å². The van der Waals surface area contributed by atoms with Crippen molar-refractivity contribution >= 4 is 11.9 Å². The lowest BCUT2D eigenvalue weighted by Crippen LogP contribution is -2.50. The molecule has 31 heavy (non-hydrogen) atoms. The average molecular weight is 446 g/mol. The van der Waals surface area contributed by atoms with E-state index < -0.39 is 12.1 Å². The summed E-state index contributed by atoms with van der Waals surface area (Å²) in [5.74, 6) is -1.45. The number of hydrogen-bond acceptors (Lipinski definition) is 5. The van der Waals surface area contributed by atoms with Gasteiger partial charge in [-0.25, -0.2) is 4.79 Å². The molecule has 3 rings (SSSR count).